The van der Waals surface area contributed by atoms with E-state index in [1.165, 1.54) is 0 Å². The maximum Gasteiger partial charge on any atom is 0.254 e. The molecule has 3 aromatic rings. The van der Waals surface area contributed by atoms with Gasteiger partial charge >= 0.3 is 0 Å². The first kappa shape index (κ1) is 19.5. The van der Waals surface area contributed by atoms with Gasteiger partial charge in [0.1, 0.15) is 0 Å². The van der Waals surface area contributed by atoms with E-state index < -0.39 is 0 Å². The number of benzene rings is 2. The fourth-order valence-electron chi connectivity index (χ4n) is 4.31. The molecule has 2 aliphatic rings. The van der Waals surface area contributed by atoms with Crippen LogP contribution in [0.2, 0.25) is 5.02 Å². The van der Waals surface area contributed by atoms with Crippen molar-refractivity contribution in [2.45, 2.75) is 19.1 Å². The summed E-state index contributed by atoms with van der Waals surface area (Å²) >= 11 is 6.04. The molecule has 2 fully saturated rings. The summed E-state index contributed by atoms with van der Waals surface area (Å²) in [6.45, 7) is 2.75. The molecule has 3 heterocycles. The monoisotopic (exact) mass is 422 g/mol. The number of hydrogen-bond acceptors (Lipinski definition) is 4. The number of piperidine rings is 1. The molecule has 2 saturated heterocycles. The summed E-state index contributed by atoms with van der Waals surface area (Å²) in [5.41, 5.74) is 3.22. The van der Waals surface area contributed by atoms with Crippen molar-refractivity contribution in [3.8, 4) is 11.3 Å². The van der Waals surface area contributed by atoms with Crippen LogP contribution in [0.1, 0.15) is 23.2 Å². The molecule has 30 heavy (non-hydrogen) atoms. The number of amides is 1. The predicted octanol–water partition coefficient (Wildman–Crippen LogP) is 4.78. The average molecular weight is 423 g/mol. The Morgan fingerprint density at radius 3 is 2.43 bits per heavy atom. The standard InChI is InChI=1S/C24H23ClN2O3/c25-18-7-5-16(6-8-18)22-15-20(19-3-1-2-4-21(19)26-22)23(28)27-11-9-17(10-12-27)24-29-13-14-30-24/h1-8,15,17,24H,9-14H2. The number of carbonyl (C=O) groups is 1. The summed E-state index contributed by atoms with van der Waals surface area (Å²) in [6, 6.07) is 17.3. The second kappa shape index (κ2) is 8.34. The van der Waals surface area contributed by atoms with Crippen LogP contribution in [0, 0.1) is 5.92 Å². The van der Waals surface area contributed by atoms with Crippen LogP contribution in [0.25, 0.3) is 22.2 Å². The van der Waals surface area contributed by atoms with Gasteiger partial charge in [0.05, 0.1) is 30.0 Å². The zero-order chi connectivity index (χ0) is 20.5. The smallest absolute Gasteiger partial charge is 0.254 e. The Hall–Kier alpha value is -2.47. The van der Waals surface area contributed by atoms with E-state index in [2.05, 4.69) is 0 Å². The summed E-state index contributed by atoms with van der Waals surface area (Å²) in [5, 5.41) is 1.55. The van der Waals surface area contributed by atoms with E-state index >= 15 is 0 Å². The molecule has 6 heteroatoms. The topological polar surface area (TPSA) is 51.7 Å². The molecule has 5 rings (SSSR count). The number of pyridine rings is 1. The van der Waals surface area contributed by atoms with Gasteiger partial charge in [0, 0.05) is 35.0 Å². The summed E-state index contributed by atoms with van der Waals surface area (Å²) in [7, 11) is 0. The van der Waals surface area contributed by atoms with Crippen molar-refractivity contribution in [2.75, 3.05) is 26.3 Å². The van der Waals surface area contributed by atoms with Gasteiger partial charge in [-0.3, -0.25) is 4.79 Å². The first-order valence-electron chi connectivity index (χ1n) is 10.4. The van der Waals surface area contributed by atoms with Gasteiger partial charge in [0.2, 0.25) is 0 Å². The molecule has 0 bridgehead atoms. The minimum atomic E-state index is -0.111. The quantitative estimate of drug-likeness (QED) is 0.609. The summed E-state index contributed by atoms with van der Waals surface area (Å²) in [5.74, 6) is 0.408. The molecule has 1 aromatic heterocycles. The van der Waals surface area contributed by atoms with E-state index in [-0.39, 0.29) is 12.2 Å². The predicted molar refractivity (Wildman–Crippen MR) is 117 cm³/mol. The van der Waals surface area contributed by atoms with Crippen LogP contribution in [0.5, 0.6) is 0 Å². The number of carbonyl (C=O) groups excluding carboxylic acids is 1. The highest BCUT2D eigenvalue weighted by molar-refractivity contribution is 6.30. The third kappa shape index (κ3) is 3.81. The number of para-hydroxylation sites is 1. The first-order chi connectivity index (χ1) is 14.7. The molecular formula is C24H23ClN2O3. The van der Waals surface area contributed by atoms with Gasteiger partial charge in [-0.05, 0) is 37.1 Å². The van der Waals surface area contributed by atoms with E-state index in [4.69, 9.17) is 26.1 Å². The second-order valence-corrected chi connectivity index (χ2v) is 8.26. The number of nitrogens with zero attached hydrogens (tertiary/aromatic N) is 2. The molecule has 0 saturated carbocycles. The molecule has 0 N–H and O–H groups in total. The van der Waals surface area contributed by atoms with Gasteiger partial charge in [-0.1, -0.05) is 41.9 Å². The highest BCUT2D eigenvalue weighted by Crippen LogP contribution is 2.30. The normalized spacial score (nSPS) is 18.2. The number of likely N-dealkylation sites (tertiary alicyclic amines) is 1. The van der Waals surface area contributed by atoms with E-state index in [1.54, 1.807) is 0 Å². The molecule has 0 unspecified atom stereocenters. The van der Waals surface area contributed by atoms with E-state index in [0.29, 0.717) is 42.8 Å². The number of aromatic nitrogens is 1. The van der Waals surface area contributed by atoms with Crippen LogP contribution < -0.4 is 0 Å². The zero-order valence-electron chi connectivity index (χ0n) is 16.6. The Balaban J connectivity index is 1.44. The lowest BCUT2D eigenvalue weighted by Crippen LogP contribution is -2.41. The lowest BCUT2D eigenvalue weighted by atomic mass is 9.95. The molecule has 5 nitrogen and oxygen atoms in total. The van der Waals surface area contributed by atoms with Gasteiger partial charge in [0.25, 0.3) is 5.91 Å². The lowest BCUT2D eigenvalue weighted by molar-refractivity contribution is -0.0956. The fourth-order valence-corrected chi connectivity index (χ4v) is 4.44. The molecule has 0 spiro atoms. The Morgan fingerprint density at radius 2 is 1.70 bits per heavy atom. The average Bonchev–Trinajstić information content (AvgIpc) is 3.33. The van der Waals surface area contributed by atoms with Crippen LogP contribution >= 0.6 is 11.6 Å². The van der Waals surface area contributed by atoms with Crippen molar-refractivity contribution >= 4 is 28.4 Å². The van der Waals surface area contributed by atoms with Crippen molar-refractivity contribution in [1.82, 2.24) is 9.88 Å². The molecule has 0 aliphatic carbocycles. The van der Waals surface area contributed by atoms with E-state index in [9.17, 15) is 4.79 Å². The molecule has 1 amide bonds. The third-order valence-corrected chi connectivity index (χ3v) is 6.20. The SMILES string of the molecule is O=C(c1cc(-c2ccc(Cl)cc2)nc2ccccc12)N1CCC(C2OCCO2)CC1. The van der Waals surface area contributed by atoms with E-state index in [0.717, 1.165) is 35.0 Å². The van der Waals surface area contributed by atoms with Crippen LogP contribution in [0.3, 0.4) is 0 Å². The fraction of sp³-hybridized carbons (Fsp3) is 0.333. The lowest BCUT2D eigenvalue weighted by Gasteiger charge is -2.34. The second-order valence-electron chi connectivity index (χ2n) is 7.82. The first-order valence-corrected chi connectivity index (χ1v) is 10.7. The zero-order valence-corrected chi connectivity index (χ0v) is 17.3. The Labute approximate surface area is 180 Å². The summed E-state index contributed by atoms with van der Waals surface area (Å²) < 4.78 is 11.3. The Bertz CT molecular complexity index is 1060. The molecule has 154 valence electrons. The van der Waals surface area contributed by atoms with Gasteiger partial charge in [0.15, 0.2) is 6.29 Å². The number of rotatable bonds is 3. The van der Waals surface area contributed by atoms with Crippen molar-refractivity contribution in [1.29, 1.82) is 0 Å². The van der Waals surface area contributed by atoms with Gasteiger partial charge < -0.3 is 14.4 Å². The minimum Gasteiger partial charge on any atom is -0.350 e. The van der Waals surface area contributed by atoms with Crippen molar-refractivity contribution in [3.05, 3.63) is 65.2 Å². The van der Waals surface area contributed by atoms with Crippen LogP contribution in [-0.4, -0.2) is 48.4 Å². The van der Waals surface area contributed by atoms with Crippen molar-refractivity contribution in [3.63, 3.8) is 0 Å². The molecule has 2 aromatic carbocycles. The van der Waals surface area contributed by atoms with Crippen molar-refractivity contribution in [2.24, 2.45) is 5.92 Å². The van der Waals surface area contributed by atoms with E-state index in [1.807, 2.05) is 59.5 Å². The van der Waals surface area contributed by atoms with Gasteiger partial charge in [-0.15, -0.1) is 0 Å². The number of hydrogen-bond donors (Lipinski definition) is 0. The van der Waals surface area contributed by atoms with Gasteiger partial charge in [-0.2, -0.15) is 0 Å². The maximum atomic E-state index is 13.5. The van der Waals surface area contributed by atoms with Crippen molar-refractivity contribution < 1.29 is 14.3 Å². The molecular weight excluding hydrogens is 400 g/mol. The highest BCUT2D eigenvalue weighted by Gasteiger charge is 2.32. The maximum absolute atomic E-state index is 13.5. The Kier molecular flexibility index (Phi) is 5.42. The largest absolute Gasteiger partial charge is 0.350 e. The third-order valence-electron chi connectivity index (χ3n) is 5.95. The minimum absolute atomic E-state index is 0.0514. The summed E-state index contributed by atoms with van der Waals surface area (Å²) in [6.07, 6.45) is 1.67. The molecule has 0 atom stereocenters. The molecule has 0 radical (unpaired) electrons. The van der Waals surface area contributed by atoms with Gasteiger partial charge in [-0.25, -0.2) is 4.98 Å². The van der Waals surface area contributed by atoms with Crippen LogP contribution in [-0.2, 0) is 9.47 Å². The van der Waals surface area contributed by atoms with Crippen LogP contribution in [0.4, 0.5) is 0 Å². The summed E-state index contributed by atoms with van der Waals surface area (Å²) in [4.78, 5) is 20.2. The Morgan fingerprint density at radius 1 is 1.00 bits per heavy atom. The number of fused-ring (bicyclic) bond motifs is 1. The highest BCUT2D eigenvalue weighted by atomic mass is 35.5. The van der Waals surface area contributed by atoms with Crippen LogP contribution in [0.15, 0.2) is 54.6 Å². The number of halogens is 1. The number of ether oxygens (including phenoxy) is 2. The molecule has 2 aliphatic heterocycles.